The van der Waals surface area contributed by atoms with E-state index in [9.17, 15) is 9.59 Å². The van der Waals surface area contributed by atoms with E-state index in [1.54, 1.807) is 23.8 Å². The van der Waals surface area contributed by atoms with Crippen molar-refractivity contribution < 1.29 is 14.3 Å². The van der Waals surface area contributed by atoms with E-state index in [0.717, 1.165) is 31.5 Å². The highest BCUT2D eigenvalue weighted by Crippen LogP contribution is 2.39. The third kappa shape index (κ3) is 2.75. The van der Waals surface area contributed by atoms with Crippen molar-refractivity contribution in [2.75, 3.05) is 27.2 Å². The van der Waals surface area contributed by atoms with Gasteiger partial charge in [0.25, 0.3) is 0 Å². The van der Waals surface area contributed by atoms with E-state index in [2.05, 4.69) is 11.9 Å². The molecule has 2 saturated heterocycles. The van der Waals surface area contributed by atoms with Gasteiger partial charge in [0, 0.05) is 33.0 Å². The predicted octanol–water partition coefficient (Wildman–Crippen LogP) is 1.91. The van der Waals surface area contributed by atoms with Crippen LogP contribution in [-0.4, -0.2) is 65.6 Å². The van der Waals surface area contributed by atoms with Gasteiger partial charge in [-0.3, -0.25) is 9.69 Å². The number of likely N-dealkylation sites (tertiary alicyclic amines) is 1. The van der Waals surface area contributed by atoms with Crippen LogP contribution in [0.4, 0.5) is 4.79 Å². The zero-order valence-corrected chi connectivity index (χ0v) is 14.6. The second kappa shape index (κ2) is 6.43. The second-order valence-electron chi connectivity index (χ2n) is 6.77. The van der Waals surface area contributed by atoms with E-state index >= 15 is 0 Å². The fraction of sp³-hybridized carbons (Fsp3) is 0.556. The summed E-state index contributed by atoms with van der Waals surface area (Å²) < 4.78 is 5.53. The zero-order chi connectivity index (χ0) is 17.3. The normalized spacial score (nSPS) is 23.8. The number of nitrogens with zero attached hydrogens (tertiary/aromatic N) is 3. The minimum absolute atomic E-state index is 0.0174. The van der Waals surface area contributed by atoms with Crippen molar-refractivity contribution in [1.29, 1.82) is 0 Å². The van der Waals surface area contributed by atoms with Gasteiger partial charge in [0.05, 0.1) is 0 Å². The van der Waals surface area contributed by atoms with Crippen molar-refractivity contribution in [3.63, 3.8) is 0 Å². The molecule has 0 N–H and O–H groups in total. The summed E-state index contributed by atoms with van der Waals surface area (Å²) in [7, 11) is 3.86. The quantitative estimate of drug-likeness (QED) is 0.831. The third-order valence-corrected chi connectivity index (χ3v) is 5.34. The van der Waals surface area contributed by atoms with Gasteiger partial charge in [-0.2, -0.15) is 0 Å². The second-order valence-corrected chi connectivity index (χ2v) is 6.77. The van der Waals surface area contributed by atoms with E-state index in [4.69, 9.17) is 4.74 Å². The molecule has 0 bridgehead atoms. The lowest BCUT2D eigenvalue weighted by Gasteiger charge is -2.46. The van der Waals surface area contributed by atoms with Gasteiger partial charge >= 0.3 is 6.09 Å². The van der Waals surface area contributed by atoms with Crippen molar-refractivity contribution in [3.05, 3.63) is 35.9 Å². The van der Waals surface area contributed by atoms with Crippen molar-refractivity contribution in [2.24, 2.45) is 0 Å². The molecule has 1 atom stereocenters. The first-order valence-corrected chi connectivity index (χ1v) is 8.42. The lowest BCUT2D eigenvalue weighted by molar-refractivity contribution is -0.131. The summed E-state index contributed by atoms with van der Waals surface area (Å²) in [5.74, 6) is -0.0174. The SMILES string of the molecule is CC1C(=O)N(C)C2(CCN(C)CC2)N1C(=O)OCc1ccccc1. The Bertz CT molecular complexity index is 611. The molecule has 1 aromatic carbocycles. The number of rotatable bonds is 2. The van der Waals surface area contributed by atoms with Crippen LogP contribution in [0.3, 0.4) is 0 Å². The summed E-state index contributed by atoms with van der Waals surface area (Å²) in [5.41, 5.74) is 0.381. The molecular formula is C18H25N3O3. The Kier molecular flexibility index (Phi) is 4.49. The summed E-state index contributed by atoms with van der Waals surface area (Å²) >= 11 is 0. The van der Waals surface area contributed by atoms with Gasteiger partial charge in [0.1, 0.15) is 18.3 Å². The van der Waals surface area contributed by atoms with Gasteiger partial charge < -0.3 is 14.5 Å². The Hall–Kier alpha value is -2.08. The first-order valence-electron chi connectivity index (χ1n) is 8.42. The third-order valence-electron chi connectivity index (χ3n) is 5.34. The largest absolute Gasteiger partial charge is 0.444 e. The molecule has 1 unspecified atom stereocenters. The van der Waals surface area contributed by atoms with Crippen LogP contribution in [0.1, 0.15) is 25.3 Å². The number of amides is 2. The summed E-state index contributed by atoms with van der Waals surface area (Å²) in [6, 6.07) is 9.11. The molecule has 2 aliphatic rings. The summed E-state index contributed by atoms with van der Waals surface area (Å²) in [4.78, 5) is 30.9. The highest BCUT2D eigenvalue weighted by atomic mass is 16.6. The Labute approximate surface area is 143 Å². The van der Waals surface area contributed by atoms with E-state index in [-0.39, 0.29) is 12.5 Å². The van der Waals surface area contributed by atoms with Crippen molar-refractivity contribution in [2.45, 2.75) is 38.1 Å². The molecule has 6 heteroatoms. The number of ether oxygens (including phenoxy) is 1. The van der Waals surface area contributed by atoms with E-state index in [1.807, 2.05) is 30.3 Å². The van der Waals surface area contributed by atoms with Crippen LogP contribution < -0.4 is 0 Å². The summed E-state index contributed by atoms with van der Waals surface area (Å²) in [6.45, 7) is 3.71. The van der Waals surface area contributed by atoms with E-state index in [1.165, 1.54) is 0 Å². The number of hydrogen-bond acceptors (Lipinski definition) is 4. The number of carbonyl (C=O) groups excluding carboxylic acids is 2. The van der Waals surface area contributed by atoms with Gasteiger partial charge in [0.15, 0.2) is 0 Å². The van der Waals surface area contributed by atoms with Gasteiger partial charge in [-0.1, -0.05) is 30.3 Å². The maximum absolute atomic E-state index is 12.8. The number of benzene rings is 1. The monoisotopic (exact) mass is 331 g/mol. The average molecular weight is 331 g/mol. The van der Waals surface area contributed by atoms with Crippen LogP contribution in [0.15, 0.2) is 30.3 Å². The zero-order valence-electron chi connectivity index (χ0n) is 14.6. The molecule has 1 aromatic rings. The lowest BCUT2D eigenvalue weighted by atomic mass is 9.95. The van der Waals surface area contributed by atoms with Crippen LogP contribution in [0.25, 0.3) is 0 Å². The molecule has 2 aliphatic heterocycles. The van der Waals surface area contributed by atoms with Gasteiger partial charge in [0.2, 0.25) is 5.91 Å². The highest BCUT2D eigenvalue weighted by Gasteiger charge is 2.56. The maximum atomic E-state index is 12.8. The molecule has 6 nitrogen and oxygen atoms in total. The molecule has 0 aromatic heterocycles. The minimum Gasteiger partial charge on any atom is -0.444 e. The topological polar surface area (TPSA) is 53.1 Å². The van der Waals surface area contributed by atoms with Gasteiger partial charge in [-0.15, -0.1) is 0 Å². The number of piperidine rings is 1. The molecule has 2 heterocycles. The van der Waals surface area contributed by atoms with Gasteiger partial charge in [-0.25, -0.2) is 4.79 Å². The molecule has 2 amide bonds. The summed E-state index contributed by atoms with van der Waals surface area (Å²) in [5, 5.41) is 0. The van der Waals surface area contributed by atoms with Crippen molar-refractivity contribution in [1.82, 2.24) is 14.7 Å². The minimum atomic E-state index is -0.559. The summed E-state index contributed by atoms with van der Waals surface area (Å²) in [6.07, 6.45) is 1.08. The lowest BCUT2D eigenvalue weighted by Crippen LogP contribution is -2.60. The number of hydrogen-bond donors (Lipinski definition) is 0. The van der Waals surface area contributed by atoms with Crippen molar-refractivity contribution >= 4 is 12.0 Å². The van der Waals surface area contributed by atoms with E-state index < -0.39 is 17.8 Å². The smallest absolute Gasteiger partial charge is 0.412 e. The molecule has 130 valence electrons. The molecule has 0 radical (unpaired) electrons. The number of likely N-dealkylation sites (N-methyl/N-ethyl adjacent to an activating group) is 1. The fourth-order valence-electron chi connectivity index (χ4n) is 3.79. The first-order chi connectivity index (χ1) is 11.5. The average Bonchev–Trinajstić information content (AvgIpc) is 2.78. The predicted molar refractivity (Wildman–Crippen MR) is 90.2 cm³/mol. The van der Waals surface area contributed by atoms with Crippen LogP contribution in [0.5, 0.6) is 0 Å². The molecule has 2 fully saturated rings. The van der Waals surface area contributed by atoms with Gasteiger partial charge in [-0.05, 0) is 19.5 Å². The molecule has 0 aliphatic carbocycles. The Balaban J connectivity index is 1.78. The van der Waals surface area contributed by atoms with Crippen LogP contribution in [0, 0.1) is 0 Å². The molecule has 0 saturated carbocycles. The molecular weight excluding hydrogens is 306 g/mol. The fourth-order valence-corrected chi connectivity index (χ4v) is 3.79. The van der Waals surface area contributed by atoms with Crippen LogP contribution >= 0.6 is 0 Å². The van der Waals surface area contributed by atoms with Crippen LogP contribution in [-0.2, 0) is 16.1 Å². The number of carbonyl (C=O) groups is 2. The van der Waals surface area contributed by atoms with Crippen LogP contribution in [0.2, 0.25) is 0 Å². The Morgan fingerprint density at radius 2 is 1.83 bits per heavy atom. The van der Waals surface area contributed by atoms with Crippen molar-refractivity contribution in [3.8, 4) is 0 Å². The molecule has 1 spiro atoms. The standard InChI is InChI=1S/C18H25N3O3/c1-14-16(22)20(3)18(9-11-19(2)12-10-18)21(14)17(23)24-13-15-7-5-4-6-8-15/h4-8,14H,9-13H2,1-3H3. The Morgan fingerprint density at radius 3 is 2.46 bits per heavy atom. The van der Waals surface area contributed by atoms with E-state index in [0.29, 0.717) is 0 Å². The first kappa shape index (κ1) is 16.8. The highest BCUT2D eigenvalue weighted by molar-refractivity contribution is 5.89. The molecule has 24 heavy (non-hydrogen) atoms. The molecule has 3 rings (SSSR count). The Morgan fingerprint density at radius 1 is 1.21 bits per heavy atom. The maximum Gasteiger partial charge on any atom is 0.412 e.